The summed E-state index contributed by atoms with van der Waals surface area (Å²) in [7, 11) is 0. The molecule has 4 atom stereocenters. The Balaban J connectivity index is 1.67. The van der Waals surface area contributed by atoms with Crippen molar-refractivity contribution in [3.8, 4) is 0 Å². The number of amides is 2. The summed E-state index contributed by atoms with van der Waals surface area (Å²) in [4.78, 5) is 26.4. The molecule has 0 N–H and O–H groups in total. The molecule has 3 aliphatic rings. The molecule has 0 radical (unpaired) electrons. The Bertz CT molecular complexity index is 735. The van der Waals surface area contributed by atoms with Gasteiger partial charge in [-0.05, 0) is 49.4 Å². The first-order valence-corrected chi connectivity index (χ1v) is 7.52. The molecule has 1 saturated heterocycles. The number of halogens is 3. The minimum absolute atomic E-state index is 0.0842. The van der Waals surface area contributed by atoms with Crippen molar-refractivity contribution < 1.29 is 22.8 Å². The van der Waals surface area contributed by atoms with Crippen molar-refractivity contribution in [3.63, 3.8) is 0 Å². The zero-order valence-corrected chi connectivity index (χ0v) is 12.3. The van der Waals surface area contributed by atoms with Gasteiger partial charge in [0.25, 0.3) is 0 Å². The number of hydrogen-bond acceptors (Lipinski definition) is 2. The van der Waals surface area contributed by atoms with Crippen molar-refractivity contribution >= 4 is 17.5 Å². The van der Waals surface area contributed by atoms with Crippen molar-refractivity contribution in [2.24, 2.45) is 23.7 Å². The van der Waals surface area contributed by atoms with Gasteiger partial charge in [-0.15, -0.1) is 0 Å². The predicted octanol–water partition coefficient (Wildman–Crippen LogP) is 3.41. The highest BCUT2D eigenvalue weighted by atomic mass is 19.4. The van der Waals surface area contributed by atoms with Crippen molar-refractivity contribution in [1.29, 1.82) is 0 Å². The molecule has 120 valence electrons. The van der Waals surface area contributed by atoms with Gasteiger partial charge in [0.15, 0.2) is 0 Å². The fourth-order valence-electron chi connectivity index (χ4n) is 4.33. The quantitative estimate of drug-likeness (QED) is 0.587. The van der Waals surface area contributed by atoms with Gasteiger partial charge in [-0.1, -0.05) is 11.6 Å². The molecule has 1 aromatic rings. The van der Waals surface area contributed by atoms with Crippen LogP contribution in [0.3, 0.4) is 0 Å². The molecule has 6 heteroatoms. The summed E-state index contributed by atoms with van der Waals surface area (Å²) in [5.74, 6) is -1.07. The predicted molar refractivity (Wildman–Crippen MR) is 76.3 cm³/mol. The highest BCUT2D eigenvalue weighted by Gasteiger charge is 2.60. The molecule has 2 aliphatic carbocycles. The summed E-state index contributed by atoms with van der Waals surface area (Å²) in [6.45, 7) is 1.97. The third-order valence-corrected chi connectivity index (χ3v) is 5.33. The fourth-order valence-corrected chi connectivity index (χ4v) is 4.33. The Morgan fingerprint density at radius 1 is 1.04 bits per heavy atom. The maximum Gasteiger partial charge on any atom is 0.416 e. The maximum atomic E-state index is 12.7. The van der Waals surface area contributed by atoms with E-state index in [1.54, 1.807) is 0 Å². The normalized spacial score (nSPS) is 32.5. The van der Waals surface area contributed by atoms with E-state index in [1.165, 1.54) is 12.1 Å². The molecular weight excluding hydrogens is 307 g/mol. The third-order valence-electron chi connectivity index (χ3n) is 5.33. The van der Waals surface area contributed by atoms with E-state index in [9.17, 15) is 22.8 Å². The van der Waals surface area contributed by atoms with Crippen LogP contribution >= 0.6 is 0 Å². The number of rotatable bonds is 1. The van der Waals surface area contributed by atoms with Gasteiger partial charge in [-0.25, -0.2) is 0 Å². The molecule has 2 bridgehead atoms. The number of hydrogen-bond donors (Lipinski definition) is 0. The van der Waals surface area contributed by atoms with E-state index in [-0.39, 0.29) is 41.2 Å². The van der Waals surface area contributed by atoms with Gasteiger partial charge >= 0.3 is 6.18 Å². The van der Waals surface area contributed by atoms with E-state index >= 15 is 0 Å². The molecule has 2 amide bonds. The lowest BCUT2D eigenvalue weighted by atomic mass is 9.82. The van der Waals surface area contributed by atoms with Crippen LogP contribution in [0.15, 0.2) is 35.9 Å². The number of imide groups is 1. The molecular formula is C17H14F3NO2. The second kappa shape index (κ2) is 4.46. The van der Waals surface area contributed by atoms with Crippen molar-refractivity contribution in [3.05, 3.63) is 41.5 Å². The zero-order chi connectivity index (χ0) is 16.5. The van der Waals surface area contributed by atoms with Crippen LogP contribution in [0.2, 0.25) is 0 Å². The Morgan fingerprint density at radius 2 is 1.65 bits per heavy atom. The van der Waals surface area contributed by atoms with E-state index in [1.807, 2.05) is 6.92 Å². The monoisotopic (exact) mass is 321 g/mol. The molecule has 1 heterocycles. The highest BCUT2D eigenvalue weighted by Crippen LogP contribution is 2.55. The highest BCUT2D eigenvalue weighted by molar-refractivity contribution is 6.22. The lowest BCUT2D eigenvalue weighted by Crippen LogP contribution is -2.33. The largest absolute Gasteiger partial charge is 0.416 e. The second-order valence-electron chi connectivity index (χ2n) is 6.52. The van der Waals surface area contributed by atoms with E-state index in [0.29, 0.717) is 0 Å². The van der Waals surface area contributed by atoms with Crippen LogP contribution in [0.25, 0.3) is 0 Å². The molecule has 4 rings (SSSR count). The van der Waals surface area contributed by atoms with Crippen molar-refractivity contribution in [2.45, 2.75) is 19.5 Å². The first-order chi connectivity index (χ1) is 10.8. The lowest BCUT2D eigenvalue weighted by Gasteiger charge is -2.19. The minimum atomic E-state index is -4.44. The number of carbonyl (C=O) groups is 2. The number of fused-ring (bicyclic) bond motifs is 5. The molecule has 23 heavy (non-hydrogen) atoms. The number of alkyl halides is 3. The third kappa shape index (κ3) is 1.90. The second-order valence-corrected chi connectivity index (χ2v) is 6.52. The Morgan fingerprint density at radius 3 is 2.26 bits per heavy atom. The average Bonchev–Trinajstić information content (AvgIpc) is 3.10. The summed E-state index contributed by atoms with van der Waals surface area (Å²) in [6, 6.07) is 4.20. The van der Waals surface area contributed by atoms with E-state index < -0.39 is 11.7 Å². The van der Waals surface area contributed by atoms with Crippen molar-refractivity contribution in [2.75, 3.05) is 4.90 Å². The van der Waals surface area contributed by atoms with E-state index in [2.05, 4.69) is 6.08 Å². The van der Waals surface area contributed by atoms with Crippen LogP contribution in [0.4, 0.5) is 18.9 Å². The zero-order valence-electron chi connectivity index (χ0n) is 12.3. The number of nitrogens with zero attached hydrogens (tertiary/aromatic N) is 1. The van der Waals surface area contributed by atoms with Gasteiger partial charge < -0.3 is 0 Å². The molecule has 0 spiro atoms. The summed E-state index contributed by atoms with van der Waals surface area (Å²) in [5.41, 5.74) is 0.573. The summed E-state index contributed by atoms with van der Waals surface area (Å²) in [6.07, 6.45) is -1.54. The number of anilines is 1. The summed E-state index contributed by atoms with van der Waals surface area (Å²) >= 11 is 0. The van der Waals surface area contributed by atoms with Gasteiger partial charge in [-0.3, -0.25) is 14.5 Å². The van der Waals surface area contributed by atoms with Crippen LogP contribution in [0, 0.1) is 23.7 Å². The molecule has 0 unspecified atom stereocenters. The minimum Gasteiger partial charge on any atom is -0.274 e. The average molecular weight is 321 g/mol. The van der Waals surface area contributed by atoms with Crippen molar-refractivity contribution in [1.82, 2.24) is 0 Å². The van der Waals surface area contributed by atoms with E-state index in [4.69, 9.17) is 0 Å². The topological polar surface area (TPSA) is 37.4 Å². The van der Waals surface area contributed by atoms with Crippen LogP contribution in [0.5, 0.6) is 0 Å². The lowest BCUT2D eigenvalue weighted by molar-refractivity contribution is -0.137. The van der Waals surface area contributed by atoms with Crippen LogP contribution in [-0.2, 0) is 15.8 Å². The van der Waals surface area contributed by atoms with E-state index in [0.717, 1.165) is 29.0 Å². The Labute approximate surface area is 130 Å². The number of carbonyl (C=O) groups excluding carboxylic acids is 2. The van der Waals surface area contributed by atoms with Crippen LogP contribution in [-0.4, -0.2) is 11.8 Å². The maximum absolute atomic E-state index is 12.7. The van der Waals surface area contributed by atoms with Gasteiger partial charge in [-0.2, -0.15) is 13.2 Å². The molecule has 1 aliphatic heterocycles. The summed E-state index contributed by atoms with van der Waals surface area (Å²) in [5, 5.41) is 0. The first-order valence-electron chi connectivity index (χ1n) is 7.52. The molecule has 3 nitrogen and oxygen atoms in total. The smallest absolute Gasteiger partial charge is 0.274 e. The fraction of sp³-hybridized carbons (Fsp3) is 0.412. The standard InChI is InChI=1S/C17H14F3NO2/c1-8-6-9-7-12(8)14-13(9)15(22)21(16(14)23)11-4-2-10(3-5-11)17(18,19)20/h2-6,9,12-14H,7H2,1H3/t9-,12-,13-,14-/m1/s1. The van der Waals surface area contributed by atoms with Gasteiger partial charge in [0.05, 0.1) is 23.1 Å². The van der Waals surface area contributed by atoms with Gasteiger partial charge in [0.1, 0.15) is 0 Å². The Hall–Kier alpha value is -2.11. The van der Waals surface area contributed by atoms with Gasteiger partial charge in [0.2, 0.25) is 11.8 Å². The molecule has 1 aromatic carbocycles. The number of benzene rings is 1. The molecule has 1 saturated carbocycles. The molecule has 0 aromatic heterocycles. The first kappa shape index (κ1) is 14.5. The van der Waals surface area contributed by atoms with Gasteiger partial charge in [0, 0.05) is 0 Å². The van der Waals surface area contributed by atoms with Crippen LogP contribution in [0.1, 0.15) is 18.9 Å². The summed E-state index contributed by atoms with van der Waals surface area (Å²) < 4.78 is 37.9. The Kier molecular flexibility index (Phi) is 2.81. The SMILES string of the molecule is CC1=C[C@@H]2C[C@H]1[C@H]1C(=O)N(c3ccc(C(F)(F)F)cc3)C(=O)[C@@H]12. The number of allylic oxidation sites excluding steroid dienone is 2. The molecule has 2 fully saturated rings. The van der Waals surface area contributed by atoms with Crippen LogP contribution < -0.4 is 4.90 Å².